The normalized spacial score (nSPS) is 12.7. The first-order valence-electron chi connectivity index (χ1n) is 11.5. The summed E-state index contributed by atoms with van der Waals surface area (Å²) in [6.45, 7) is 3.48. The first-order chi connectivity index (χ1) is 16.5. The lowest BCUT2D eigenvalue weighted by Gasteiger charge is -2.26. The van der Waals surface area contributed by atoms with E-state index in [1.54, 1.807) is 18.2 Å². The van der Waals surface area contributed by atoms with Gasteiger partial charge in [0.2, 0.25) is 5.91 Å². The summed E-state index contributed by atoms with van der Waals surface area (Å²) in [5, 5.41) is 18.1. The van der Waals surface area contributed by atoms with Crippen molar-refractivity contribution in [2.24, 2.45) is 5.73 Å². The molecule has 194 valence electrons. The second-order valence-electron chi connectivity index (χ2n) is 8.69. The molecule has 0 aliphatic heterocycles. The lowest BCUT2D eigenvalue weighted by atomic mass is 9.99. The fraction of sp³-hybridized carbons (Fsp3) is 0.565. The molecule has 0 aliphatic rings. The number of alkyl halides is 2. The number of aromatic nitrogens is 3. The molecule has 0 radical (unpaired) electrons. The Bertz CT molecular complexity index is 934. The van der Waals surface area contributed by atoms with Crippen molar-refractivity contribution in [2.75, 3.05) is 19.8 Å². The van der Waals surface area contributed by atoms with Gasteiger partial charge in [-0.2, -0.15) is 5.10 Å². The van der Waals surface area contributed by atoms with Gasteiger partial charge in [-0.3, -0.25) is 4.79 Å². The number of halogens is 2. The molecule has 2 aromatic rings. The van der Waals surface area contributed by atoms with E-state index in [-0.39, 0.29) is 37.6 Å². The fourth-order valence-corrected chi connectivity index (χ4v) is 3.18. The minimum Gasteiger partial charge on any atom is -0.448 e. The number of hydrogen-bond acceptors (Lipinski definition) is 7. The summed E-state index contributed by atoms with van der Waals surface area (Å²) >= 11 is 0. The summed E-state index contributed by atoms with van der Waals surface area (Å²) in [7, 11) is 0. The van der Waals surface area contributed by atoms with E-state index in [0.717, 1.165) is 0 Å². The highest BCUT2D eigenvalue weighted by Gasteiger charge is 2.34. The van der Waals surface area contributed by atoms with Crippen LogP contribution in [0.2, 0.25) is 0 Å². The lowest BCUT2D eigenvalue weighted by Crippen LogP contribution is -2.50. The van der Waals surface area contributed by atoms with Crippen molar-refractivity contribution < 1.29 is 28.2 Å². The van der Waals surface area contributed by atoms with E-state index in [1.165, 1.54) is 37.0 Å². The number of ether oxygens (including phenoxy) is 1. The number of unbranched alkanes of at least 4 members (excludes halogenated alkanes) is 1. The molecule has 1 heterocycles. The summed E-state index contributed by atoms with van der Waals surface area (Å²) in [5.41, 5.74) is 4.53. The van der Waals surface area contributed by atoms with Crippen LogP contribution in [0, 0.1) is 0 Å². The Balaban J connectivity index is 2.06. The maximum atomic E-state index is 14.8. The molecule has 0 unspecified atom stereocenters. The smallest absolute Gasteiger partial charge is 0.407 e. The molecular weight excluding hydrogens is 462 g/mol. The van der Waals surface area contributed by atoms with Crippen LogP contribution >= 0.6 is 0 Å². The summed E-state index contributed by atoms with van der Waals surface area (Å²) in [4.78, 5) is 28.5. The predicted octanol–water partition coefficient (Wildman–Crippen LogP) is 2.24. The predicted molar refractivity (Wildman–Crippen MR) is 124 cm³/mol. The summed E-state index contributed by atoms with van der Waals surface area (Å²) in [5.74, 6) is -3.40. The Morgan fingerprint density at radius 3 is 2.60 bits per heavy atom. The highest BCUT2D eigenvalue weighted by Crippen LogP contribution is 2.35. The van der Waals surface area contributed by atoms with Gasteiger partial charge in [0.15, 0.2) is 0 Å². The minimum absolute atomic E-state index is 0.0438. The van der Waals surface area contributed by atoms with Crippen molar-refractivity contribution >= 4 is 12.0 Å². The molecule has 2 rings (SSSR count). The SMILES string of the molecule is CC(C)(N)C(=O)N[C@H](CCC(F)(F)c1ccccc1)c1ncnn1CCOC(=O)NCCCCO. The van der Waals surface area contributed by atoms with Crippen molar-refractivity contribution in [2.45, 2.75) is 63.6 Å². The van der Waals surface area contributed by atoms with Gasteiger partial charge in [-0.1, -0.05) is 30.3 Å². The molecule has 0 saturated carbocycles. The van der Waals surface area contributed by atoms with Gasteiger partial charge >= 0.3 is 6.09 Å². The van der Waals surface area contributed by atoms with Gasteiger partial charge in [0.1, 0.15) is 18.8 Å². The minimum atomic E-state index is -3.12. The number of aliphatic hydroxyl groups is 1. The number of aliphatic hydroxyl groups excluding tert-OH is 1. The number of carbonyl (C=O) groups is 2. The van der Waals surface area contributed by atoms with Gasteiger partial charge in [0.25, 0.3) is 5.92 Å². The van der Waals surface area contributed by atoms with Gasteiger partial charge in [-0.25, -0.2) is 23.2 Å². The van der Waals surface area contributed by atoms with E-state index >= 15 is 0 Å². The quantitative estimate of drug-likeness (QED) is 0.294. The Kier molecular flexibility index (Phi) is 10.5. The van der Waals surface area contributed by atoms with Crippen LogP contribution < -0.4 is 16.4 Å². The molecule has 35 heavy (non-hydrogen) atoms. The summed E-state index contributed by atoms with van der Waals surface area (Å²) in [6.07, 6.45) is 1.12. The average molecular weight is 497 g/mol. The number of amides is 2. The van der Waals surface area contributed by atoms with Crippen LogP contribution in [0.4, 0.5) is 13.6 Å². The second-order valence-corrected chi connectivity index (χ2v) is 8.69. The van der Waals surface area contributed by atoms with E-state index < -0.39 is 35.9 Å². The number of carbonyl (C=O) groups excluding carboxylic acids is 2. The highest BCUT2D eigenvalue weighted by atomic mass is 19.3. The number of rotatable bonds is 14. The lowest BCUT2D eigenvalue weighted by molar-refractivity contribution is -0.126. The Morgan fingerprint density at radius 1 is 1.23 bits per heavy atom. The number of nitrogens with one attached hydrogen (secondary N) is 2. The zero-order valence-electron chi connectivity index (χ0n) is 20.0. The molecule has 5 N–H and O–H groups in total. The number of alkyl carbamates (subject to hydrolysis) is 1. The van der Waals surface area contributed by atoms with Crippen LogP contribution in [-0.4, -0.2) is 57.2 Å². The van der Waals surface area contributed by atoms with Crippen LogP contribution in [0.25, 0.3) is 0 Å². The van der Waals surface area contributed by atoms with Crippen LogP contribution in [-0.2, 0) is 22.0 Å². The van der Waals surface area contributed by atoms with E-state index in [0.29, 0.717) is 19.4 Å². The Labute approximate surface area is 203 Å². The molecule has 0 saturated heterocycles. The number of hydrogen-bond donors (Lipinski definition) is 4. The van der Waals surface area contributed by atoms with Crippen molar-refractivity contribution in [3.63, 3.8) is 0 Å². The largest absolute Gasteiger partial charge is 0.448 e. The van der Waals surface area contributed by atoms with Crippen molar-refractivity contribution in [3.05, 3.63) is 48.0 Å². The second kappa shape index (κ2) is 13.1. The molecule has 1 atom stereocenters. The molecule has 0 aliphatic carbocycles. The van der Waals surface area contributed by atoms with Crippen molar-refractivity contribution in [1.29, 1.82) is 0 Å². The van der Waals surface area contributed by atoms with E-state index in [2.05, 4.69) is 20.7 Å². The van der Waals surface area contributed by atoms with E-state index in [9.17, 15) is 18.4 Å². The topological polar surface area (TPSA) is 144 Å². The van der Waals surface area contributed by atoms with E-state index in [1.807, 2.05) is 0 Å². The monoisotopic (exact) mass is 496 g/mol. The van der Waals surface area contributed by atoms with Crippen LogP contribution in [0.1, 0.15) is 57.0 Å². The van der Waals surface area contributed by atoms with Gasteiger partial charge < -0.3 is 26.2 Å². The molecule has 0 spiro atoms. The Morgan fingerprint density at radius 2 is 1.94 bits per heavy atom. The maximum Gasteiger partial charge on any atom is 0.407 e. The first kappa shape index (κ1) is 28.1. The molecule has 1 aromatic heterocycles. The van der Waals surface area contributed by atoms with Crippen LogP contribution in [0.3, 0.4) is 0 Å². The van der Waals surface area contributed by atoms with Gasteiger partial charge in [0.05, 0.1) is 18.1 Å². The molecular formula is C23H34F2N6O4. The zero-order chi connectivity index (χ0) is 25.9. The third-order valence-electron chi connectivity index (χ3n) is 5.18. The van der Waals surface area contributed by atoms with Crippen molar-refractivity contribution in [3.8, 4) is 0 Å². The summed E-state index contributed by atoms with van der Waals surface area (Å²) < 4.78 is 36.1. The third kappa shape index (κ3) is 9.21. The maximum absolute atomic E-state index is 14.8. The van der Waals surface area contributed by atoms with Gasteiger partial charge in [-0.05, 0) is 33.1 Å². The molecule has 12 heteroatoms. The highest BCUT2D eigenvalue weighted by molar-refractivity contribution is 5.85. The molecule has 10 nitrogen and oxygen atoms in total. The van der Waals surface area contributed by atoms with Gasteiger partial charge in [-0.15, -0.1) is 0 Å². The fourth-order valence-electron chi connectivity index (χ4n) is 3.18. The van der Waals surface area contributed by atoms with Crippen LogP contribution in [0.15, 0.2) is 36.7 Å². The third-order valence-corrected chi connectivity index (χ3v) is 5.18. The molecule has 0 fully saturated rings. The number of nitrogens with two attached hydrogens (primary N) is 1. The summed E-state index contributed by atoms with van der Waals surface area (Å²) in [6, 6.07) is 6.55. The Hall–Kier alpha value is -3.12. The zero-order valence-corrected chi connectivity index (χ0v) is 20.0. The first-order valence-corrected chi connectivity index (χ1v) is 11.5. The standard InChI is InChI=1S/C23H34F2N6O4/c1-22(2,26)20(33)30-18(10-11-23(24,25)17-8-4-3-5-9-17)19-28-16-29-31(19)13-15-35-21(34)27-12-6-7-14-32/h3-5,8-9,16,18,32H,6-7,10-15,26H2,1-2H3,(H,27,34)(H,30,33)/t18-/m1/s1. The van der Waals surface area contributed by atoms with Crippen LogP contribution in [0.5, 0.6) is 0 Å². The molecule has 2 amide bonds. The van der Waals surface area contributed by atoms with E-state index in [4.69, 9.17) is 15.6 Å². The number of benzene rings is 1. The average Bonchev–Trinajstić information content (AvgIpc) is 3.27. The number of nitrogens with zero attached hydrogens (tertiary/aromatic N) is 3. The van der Waals surface area contributed by atoms with Crippen molar-refractivity contribution in [1.82, 2.24) is 25.4 Å². The molecule has 1 aromatic carbocycles. The molecule has 0 bridgehead atoms. The van der Waals surface area contributed by atoms with Gasteiger partial charge in [0, 0.05) is 25.1 Å².